The van der Waals surface area contributed by atoms with E-state index in [-0.39, 0.29) is 11.7 Å². The van der Waals surface area contributed by atoms with Crippen LogP contribution in [-0.2, 0) is 6.42 Å². The molecule has 0 spiro atoms. The number of aryl methyl sites for hydroxylation is 2. The van der Waals surface area contributed by atoms with Gasteiger partial charge >= 0.3 is 0 Å². The molecule has 0 radical (unpaired) electrons. The Bertz CT molecular complexity index is 627. The first-order valence-electron chi connectivity index (χ1n) is 6.33. The molecular formula is C13H16N4O2S. The van der Waals surface area contributed by atoms with E-state index in [4.69, 9.17) is 0 Å². The van der Waals surface area contributed by atoms with Gasteiger partial charge in [-0.3, -0.25) is 10.1 Å². The average molecular weight is 292 g/mol. The van der Waals surface area contributed by atoms with Gasteiger partial charge in [-0.25, -0.2) is 9.97 Å². The maximum atomic E-state index is 10.7. The monoisotopic (exact) mass is 292 g/mol. The lowest BCUT2D eigenvalue weighted by atomic mass is 10.2. The molecule has 1 unspecified atom stereocenters. The van der Waals surface area contributed by atoms with Crippen molar-refractivity contribution in [3.8, 4) is 0 Å². The zero-order valence-corrected chi connectivity index (χ0v) is 12.4. The zero-order chi connectivity index (χ0) is 14.7. The van der Waals surface area contributed by atoms with Crippen LogP contribution in [0.3, 0.4) is 0 Å². The molecule has 2 heterocycles. The van der Waals surface area contributed by atoms with Crippen LogP contribution in [-0.4, -0.2) is 14.9 Å². The second-order valence-corrected chi connectivity index (χ2v) is 5.65. The van der Waals surface area contributed by atoms with Gasteiger partial charge in [0.2, 0.25) is 0 Å². The van der Waals surface area contributed by atoms with Gasteiger partial charge in [-0.2, -0.15) is 0 Å². The molecule has 0 aliphatic carbocycles. The van der Waals surface area contributed by atoms with Gasteiger partial charge in [0, 0.05) is 17.1 Å². The molecular weight excluding hydrogens is 276 g/mol. The largest absolute Gasteiger partial charge is 0.361 e. The summed E-state index contributed by atoms with van der Waals surface area (Å²) < 4.78 is 0. The molecule has 0 saturated heterocycles. The van der Waals surface area contributed by atoms with Crippen molar-refractivity contribution in [3.05, 3.63) is 44.0 Å². The van der Waals surface area contributed by atoms with Crippen molar-refractivity contribution in [2.45, 2.75) is 33.2 Å². The van der Waals surface area contributed by atoms with E-state index in [1.54, 1.807) is 18.3 Å². The fraction of sp³-hybridized carbons (Fsp3) is 0.385. The first-order chi connectivity index (χ1) is 9.51. The van der Waals surface area contributed by atoms with Crippen LogP contribution >= 0.6 is 11.3 Å². The third-order valence-electron chi connectivity index (χ3n) is 2.92. The smallest absolute Gasteiger partial charge is 0.287 e. The first-order valence-corrected chi connectivity index (χ1v) is 7.15. The lowest BCUT2D eigenvalue weighted by Crippen LogP contribution is -2.09. The van der Waals surface area contributed by atoms with Crippen molar-refractivity contribution in [1.29, 1.82) is 0 Å². The van der Waals surface area contributed by atoms with Gasteiger partial charge in [-0.05, 0) is 25.8 Å². The molecule has 7 heteroatoms. The summed E-state index contributed by atoms with van der Waals surface area (Å²) in [6.07, 6.45) is 4.12. The minimum atomic E-state index is -0.443. The van der Waals surface area contributed by atoms with Crippen molar-refractivity contribution < 1.29 is 4.92 Å². The highest BCUT2D eigenvalue weighted by Gasteiger charge is 2.14. The molecule has 0 bridgehead atoms. The highest BCUT2D eigenvalue weighted by atomic mass is 32.1. The van der Waals surface area contributed by atoms with Gasteiger partial charge < -0.3 is 5.32 Å². The number of rotatable bonds is 5. The summed E-state index contributed by atoms with van der Waals surface area (Å²) in [4.78, 5) is 20.0. The molecule has 0 aliphatic heterocycles. The van der Waals surface area contributed by atoms with Crippen LogP contribution in [0.1, 0.15) is 35.3 Å². The Morgan fingerprint density at radius 1 is 1.45 bits per heavy atom. The third-order valence-corrected chi connectivity index (χ3v) is 4.24. The number of pyridine rings is 1. The molecule has 2 aromatic rings. The number of hydrogen-bond acceptors (Lipinski definition) is 6. The number of anilines is 1. The number of aromatic nitrogens is 2. The summed E-state index contributed by atoms with van der Waals surface area (Å²) in [5.41, 5.74) is 0.751. The molecule has 1 N–H and O–H groups in total. The molecule has 0 aromatic carbocycles. The first kappa shape index (κ1) is 14.4. The van der Waals surface area contributed by atoms with Gasteiger partial charge in [-0.15, -0.1) is 11.3 Å². The van der Waals surface area contributed by atoms with E-state index < -0.39 is 4.92 Å². The van der Waals surface area contributed by atoms with Gasteiger partial charge in [0.15, 0.2) is 0 Å². The summed E-state index contributed by atoms with van der Waals surface area (Å²) in [7, 11) is 0. The van der Waals surface area contributed by atoms with E-state index in [2.05, 4.69) is 22.2 Å². The second kappa shape index (κ2) is 5.96. The van der Waals surface area contributed by atoms with Crippen LogP contribution in [0.2, 0.25) is 0 Å². The molecule has 6 nitrogen and oxygen atoms in total. The Morgan fingerprint density at radius 2 is 2.20 bits per heavy atom. The maximum Gasteiger partial charge on any atom is 0.287 e. The van der Waals surface area contributed by atoms with E-state index in [0.717, 1.165) is 17.0 Å². The van der Waals surface area contributed by atoms with E-state index in [9.17, 15) is 10.1 Å². The van der Waals surface area contributed by atoms with Gasteiger partial charge in [0.1, 0.15) is 17.0 Å². The van der Waals surface area contributed by atoms with Crippen molar-refractivity contribution in [2.75, 3.05) is 5.32 Å². The SMILES string of the molecule is CCc1cnc(C(C)Nc2ncc([N+](=O)[O-])cc2C)s1. The van der Waals surface area contributed by atoms with Crippen molar-refractivity contribution >= 4 is 22.8 Å². The maximum absolute atomic E-state index is 10.7. The average Bonchev–Trinajstić information content (AvgIpc) is 2.89. The van der Waals surface area contributed by atoms with Crippen LogP contribution in [0.4, 0.5) is 11.5 Å². The van der Waals surface area contributed by atoms with Crippen LogP contribution in [0.15, 0.2) is 18.5 Å². The molecule has 2 rings (SSSR count). The number of nitro groups is 1. The predicted octanol–water partition coefficient (Wildman–Crippen LogP) is 3.49. The Morgan fingerprint density at radius 3 is 2.75 bits per heavy atom. The minimum Gasteiger partial charge on any atom is -0.361 e. The number of nitrogens with zero attached hydrogens (tertiary/aromatic N) is 3. The van der Waals surface area contributed by atoms with Gasteiger partial charge in [0.25, 0.3) is 5.69 Å². The third kappa shape index (κ3) is 3.11. The van der Waals surface area contributed by atoms with Gasteiger partial charge in [-0.1, -0.05) is 6.92 Å². The van der Waals surface area contributed by atoms with Gasteiger partial charge in [0.05, 0.1) is 11.0 Å². The zero-order valence-electron chi connectivity index (χ0n) is 11.6. The lowest BCUT2D eigenvalue weighted by Gasteiger charge is -2.13. The number of nitrogens with one attached hydrogen (secondary N) is 1. The Hall–Kier alpha value is -2.02. The topological polar surface area (TPSA) is 81.0 Å². The number of thiazole rings is 1. The Labute approximate surface area is 121 Å². The highest BCUT2D eigenvalue weighted by Crippen LogP contribution is 2.25. The summed E-state index contributed by atoms with van der Waals surface area (Å²) in [6, 6.07) is 1.54. The lowest BCUT2D eigenvalue weighted by molar-refractivity contribution is -0.385. The van der Waals surface area contributed by atoms with E-state index >= 15 is 0 Å². The van der Waals surface area contributed by atoms with Crippen LogP contribution in [0.5, 0.6) is 0 Å². The van der Waals surface area contributed by atoms with Crippen LogP contribution in [0.25, 0.3) is 0 Å². The summed E-state index contributed by atoms with van der Waals surface area (Å²) in [6.45, 7) is 5.90. The highest BCUT2D eigenvalue weighted by molar-refractivity contribution is 7.11. The van der Waals surface area contributed by atoms with E-state index in [1.165, 1.54) is 17.1 Å². The van der Waals surface area contributed by atoms with Crippen LogP contribution in [0, 0.1) is 17.0 Å². The molecule has 20 heavy (non-hydrogen) atoms. The van der Waals surface area contributed by atoms with Crippen molar-refractivity contribution in [1.82, 2.24) is 9.97 Å². The standard InChI is InChI=1S/C13H16N4O2S/c1-4-11-7-15-13(20-11)9(3)16-12-8(2)5-10(6-14-12)17(18)19/h5-7,9H,4H2,1-3H3,(H,14,16). The molecule has 1 atom stereocenters. The normalized spacial score (nSPS) is 12.2. The van der Waals surface area contributed by atoms with E-state index in [1.807, 2.05) is 13.1 Å². The Balaban J connectivity index is 2.15. The summed E-state index contributed by atoms with van der Waals surface area (Å²) in [5.74, 6) is 0.649. The van der Waals surface area contributed by atoms with Crippen molar-refractivity contribution in [3.63, 3.8) is 0 Å². The summed E-state index contributed by atoms with van der Waals surface area (Å²) >= 11 is 1.66. The summed E-state index contributed by atoms with van der Waals surface area (Å²) in [5, 5.41) is 14.9. The predicted molar refractivity (Wildman–Crippen MR) is 79.2 cm³/mol. The second-order valence-electron chi connectivity index (χ2n) is 4.50. The minimum absolute atomic E-state index is 0.00298. The quantitative estimate of drug-likeness (QED) is 0.674. The fourth-order valence-electron chi connectivity index (χ4n) is 1.76. The molecule has 2 aromatic heterocycles. The molecule has 0 saturated carbocycles. The van der Waals surface area contributed by atoms with Crippen LogP contribution < -0.4 is 5.32 Å². The molecule has 0 amide bonds. The van der Waals surface area contributed by atoms with Crippen molar-refractivity contribution in [2.24, 2.45) is 0 Å². The Kier molecular flexibility index (Phi) is 4.29. The molecule has 0 aliphatic rings. The number of hydrogen-bond donors (Lipinski definition) is 1. The fourth-order valence-corrected chi connectivity index (χ4v) is 2.62. The molecule has 0 fully saturated rings. The van der Waals surface area contributed by atoms with E-state index in [0.29, 0.717) is 5.82 Å². The molecule has 106 valence electrons.